The molecule has 2 aliphatic heterocycles. The summed E-state index contributed by atoms with van der Waals surface area (Å²) in [4.78, 5) is 10.5. The maximum atomic E-state index is 10.9. The molecule has 0 bridgehead atoms. The molecule has 0 saturated heterocycles. The molecule has 0 aliphatic carbocycles. The average molecular weight is 528 g/mol. The molecule has 4 aromatic carbocycles. The van der Waals surface area contributed by atoms with Crippen molar-refractivity contribution in [3.05, 3.63) is 122 Å². The first-order valence-electron chi connectivity index (χ1n) is 12.1. The molecule has 0 fully saturated rings. The molecule has 38 heavy (non-hydrogen) atoms. The Labute approximate surface area is 225 Å². The zero-order chi connectivity index (χ0) is 26.6. The average Bonchev–Trinajstić information content (AvgIpc) is 2.93. The third kappa shape index (κ3) is 5.43. The zero-order valence-corrected chi connectivity index (χ0v) is 21.8. The van der Waals surface area contributed by atoms with Crippen LogP contribution >= 0.6 is 11.6 Å². The zero-order valence-electron chi connectivity index (χ0n) is 21.0. The van der Waals surface area contributed by atoms with Gasteiger partial charge in [-0.25, -0.2) is 0 Å². The van der Waals surface area contributed by atoms with Crippen LogP contribution in [0, 0.1) is 24.0 Å². The van der Waals surface area contributed by atoms with E-state index in [2.05, 4.69) is 22.9 Å². The van der Waals surface area contributed by atoms with Gasteiger partial charge in [0.05, 0.1) is 16.1 Å². The molecule has 0 radical (unpaired) electrons. The molecule has 7 nitrogen and oxygen atoms in total. The molecule has 0 N–H and O–H groups in total. The highest BCUT2D eigenvalue weighted by atomic mass is 35.5. The molecule has 8 heteroatoms. The molecular formula is C30H26ClN3O4+2. The van der Waals surface area contributed by atoms with E-state index < -0.39 is 0 Å². The third-order valence-corrected chi connectivity index (χ3v) is 6.45. The van der Waals surface area contributed by atoms with Gasteiger partial charge in [0.25, 0.3) is 19.1 Å². The number of aryl methyl sites for hydroxylation is 2. The quantitative estimate of drug-likeness (QED) is 0.167. The van der Waals surface area contributed by atoms with Crippen LogP contribution in [0.15, 0.2) is 84.9 Å². The van der Waals surface area contributed by atoms with Crippen molar-refractivity contribution in [1.29, 1.82) is 0 Å². The Kier molecular flexibility index (Phi) is 7.20. The van der Waals surface area contributed by atoms with E-state index in [1.807, 2.05) is 85.3 Å². The number of nitro benzene ring substituents is 1. The smallest absolute Gasteiger partial charge is 0.292 e. The fourth-order valence-electron chi connectivity index (χ4n) is 4.44. The second-order valence-electron chi connectivity index (χ2n) is 8.99. The number of nitrogens with zero attached hydrogens (tertiary/aromatic N) is 3. The minimum atomic E-state index is -0.386. The first kappa shape index (κ1) is 25.2. The monoisotopic (exact) mass is 527 g/mol. The van der Waals surface area contributed by atoms with Crippen molar-refractivity contribution < 1.29 is 23.5 Å². The van der Waals surface area contributed by atoms with E-state index in [4.69, 9.17) is 21.1 Å². The van der Waals surface area contributed by atoms with Crippen LogP contribution in [0.1, 0.15) is 22.3 Å². The van der Waals surface area contributed by atoms with Crippen molar-refractivity contribution in [2.75, 3.05) is 13.5 Å². The summed E-state index contributed by atoms with van der Waals surface area (Å²) in [6, 6.07) is 26.8. The summed E-state index contributed by atoms with van der Waals surface area (Å²) < 4.78 is 15.5. The third-order valence-electron chi connectivity index (χ3n) is 6.23. The molecule has 0 amide bonds. The highest BCUT2D eigenvalue weighted by Gasteiger charge is 2.24. The SMILES string of the molecule is Cc1cc(Cl)cc2c1OC[N+](c1ccccc1)=C2.Cc1cc([N+](=O)[O-])cc2c1OC[N+](c1ccccc1)=C2. The fraction of sp³-hybridized carbons (Fsp3) is 0.133. The molecule has 0 unspecified atom stereocenters. The van der Waals surface area contributed by atoms with Crippen LogP contribution in [0.2, 0.25) is 5.02 Å². The van der Waals surface area contributed by atoms with Crippen LogP contribution in [-0.2, 0) is 0 Å². The Morgan fingerprint density at radius 2 is 1.21 bits per heavy atom. The van der Waals surface area contributed by atoms with Gasteiger partial charge in [0.2, 0.25) is 11.4 Å². The van der Waals surface area contributed by atoms with Crippen molar-refractivity contribution in [1.82, 2.24) is 0 Å². The second-order valence-corrected chi connectivity index (χ2v) is 9.43. The van der Waals surface area contributed by atoms with Gasteiger partial charge in [-0.2, -0.15) is 9.15 Å². The molecule has 4 aromatic rings. The lowest BCUT2D eigenvalue weighted by atomic mass is 10.1. The van der Waals surface area contributed by atoms with Crippen LogP contribution < -0.4 is 9.47 Å². The maximum absolute atomic E-state index is 10.9. The minimum absolute atomic E-state index is 0.0796. The van der Waals surface area contributed by atoms with E-state index in [0.717, 1.165) is 44.4 Å². The number of non-ortho nitro benzene ring substituents is 1. The topological polar surface area (TPSA) is 67.6 Å². The van der Waals surface area contributed by atoms with Gasteiger partial charge in [-0.05, 0) is 37.1 Å². The summed E-state index contributed by atoms with van der Waals surface area (Å²) in [6.07, 6.45) is 3.96. The summed E-state index contributed by atoms with van der Waals surface area (Å²) in [5.74, 6) is 1.63. The number of para-hydroxylation sites is 2. The predicted molar refractivity (Wildman–Crippen MR) is 148 cm³/mol. The van der Waals surface area contributed by atoms with Gasteiger partial charge >= 0.3 is 0 Å². The lowest BCUT2D eigenvalue weighted by Gasteiger charge is -2.15. The van der Waals surface area contributed by atoms with Gasteiger partial charge in [-0.15, -0.1) is 0 Å². The predicted octanol–water partition coefficient (Wildman–Crippen LogP) is 6.78. The van der Waals surface area contributed by atoms with E-state index >= 15 is 0 Å². The van der Waals surface area contributed by atoms with Crippen LogP contribution in [0.3, 0.4) is 0 Å². The first-order chi connectivity index (χ1) is 18.4. The van der Waals surface area contributed by atoms with Crippen molar-refractivity contribution in [3.8, 4) is 11.5 Å². The molecule has 190 valence electrons. The van der Waals surface area contributed by atoms with E-state index in [-0.39, 0.29) is 10.6 Å². The van der Waals surface area contributed by atoms with E-state index in [1.165, 1.54) is 12.1 Å². The number of hydrogen-bond donors (Lipinski definition) is 0. The molecule has 6 rings (SSSR count). The van der Waals surface area contributed by atoms with Gasteiger partial charge in [0.1, 0.15) is 11.5 Å². The number of ether oxygens (including phenoxy) is 2. The van der Waals surface area contributed by atoms with Gasteiger partial charge in [0.15, 0.2) is 12.4 Å². The van der Waals surface area contributed by atoms with E-state index in [1.54, 1.807) is 0 Å². The highest BCUT2D eigenvalue weighted by molar-refractivity contribution is 6.31. The minimum Gasteiger partial charge on any atom is -0.435 e. The standard InChI is InChI=1S/C15H13ClNO.C15H13N2O3/c1-11-7-13(16)8-12-9-17(10-18-15(11)12)14-5-3-2-4-6-14;1-11-7-14(17(18)19)8-12-9-16(10-20-15(11)12)13-5-3-2-4-6-13/h2-9H,10H2,1H3;2-9H,10H2,1H3/q2*+1. The number of fused-ring (bicyclic) bond motifs is 2. The van der Waals surface area contributed by atoms with Gasteiger partial charge in [-0.3, -0.25) is 10.1 Å². The Morgan fingerprint density at radius 3 is 1.71 bits per heavy atom. The van der Waals surface area contributed by atoms with Crippen LogP contribution in [0.5, 0.6) is 11.5 Å². The van der Waals surface area contributed by atoms with Gasteiger partial charge < -0.3 is 9.47 Å². The van der Waals surface area contributed by atoms with Crippen LogP contribution in [0.25, 0.3) is 0 Å². The first-order valence-corrected chi connectivity index (χ1v) is 12.4. The summed E-state index contributed by atoms with van der Waals surface area (Å²) in [7, 11) is 0. The maximum Gasteiger partial charge on any atom is 0.292 e. The Balaban J connectivity index is 0.000000156. The molecular weight excluding hydrogens is 502 g/mol. The summed E-state index contributed by atoms with van der Waals surface area (Å²) in [5.41, 5.74) is 5.78. The van der Waals surface area contributed by atoms with Gasteiger partial charge in [0, 0.05) is 41.4 Å². The lowest BCUT2D eigenvalue weighted by molar-refractivity contribution is -0.476. The molecule has 0 spiro atoms. The molecule has 2 heterocycles. The second kappa shape index (κ2) is 10.9. The lowest BCUT2D eigenvalue weighted by Crippen LogP contribution is -2.21. The molecule has 0 atom stereocenters. The number of hydrogen-bond acceptors (Lipinski definition) is 4. The highest BCUT2D eigenvalue weighted by Crippen LogP contribution is 2.31. The number of nitro groups is 1. The van der Waals surface area contributed by atoms with Crippen molar-refractivity contribution in [2.24, 2.45) is 0 Å². The van der Waals surface area contributed by atoms with Crippen molar-refractivity contribution in [3.63, 3.8) is 0 Å². The number of benzene rings is 4. The molecule has 0 aromatic heterocycles. The number of rotatable bonds is 3. The Bertz CT molecular complexity index is 1570. The Hall–Kier alpha value is -4.49. The van der Waals surface area contributed by atoms with Gasteiger partial charge in [-0.1, -0.05) is 48.0 Å². The van der Waals surface area contributed by atoms with Crippen LogP contribution in [0.4, 0.5) is 17.1 Å². The molecule has 2 aliphatic rings. The van der Waals surface area contributed by atoms with E-state index in [0.29, 0.717) is 19.2 Å². The normalized spacial score (nSPS) is 13.3. The fourth-order valence-corrected chi connectivity index (χ4v) is 4.73. The van der Waals surface area contributed by atoms with E-state index in [9.17, 15) is 10.1 Å². The Morgan fingerprint density at radius 1 is 0.737 bits per heavy atom. The molecule has 0 saturated carbocycles. The largest absolute Gasteiger partial charge is 0.435 e. The summed E-state index contributed by atoms with van der Waals surface area (Å²) in [6.45, 7) is 4.75. The van der Waals surface area contributed by atoms with Crippen molar-refractivity contribution >= 4 is 41.1 Å². The number of halogens is 1. The summed E-state index contributed by atoms with van der Waals surface area (Å²) in [5, 5.41) is 11.7. The van der Waals surface area contributed by atoms with Crippen molar-refractivity contribution in [2.45, 2.75) is 13.8 Å². The summed E-state index contributed by atoms with van der Waals surface area (Å²) >= 11 is 6.08. The van der Waals surface area contributed by atoms with Crippen LogP contribution in [-0.4, -0.2) is 40.0 Å².